The van der Waals surface area contributed by atoms with Crippen LogP contribution in [0.15, 0.2) is 21.3 Å². The highest BCUT2D eigenvalue weighted by atomic mass is 79.9. The van der Waals surface area contributed by atoms with Crippen LogP contribution in [0.2, 0.25) is 0 Å². The number of halogens is 1. The second-order valence-corrected chi connectivity index (χ2v) is 3.06. The normalized spacial score (nSPS) is 10.7. The van der Waals surface area contributed by atoms with Crippen LogP contribution in [-0.4, -0.2) is 9.97 Å². The average Bonchev–Trinajstić information content (AvgIpc) is 2.31. The number of pyridine rings is 1. The molecule has 0 spiro atoms. The van der Waals surface area contributed by atoms with Crippen LogP contribution in [0, 0.1) is 6.92 Å². The van der Waals surface area contributed by atoms with Gasteiger partial charge < -0.3 is 4.42 Å². The largest absolute Gasteiger partial charge is 0.440 e. The van der Waals surface area contributed by atoms with E-state index in [1.807, 2.05) is 6.92 Å². The van der Waals surface area contributed by atoms with E-state index < -0.39 is 0 Å². The van der Waals surface area contributed by atoms with Gasteiger partial charge in [-0.1, -0.05) is 0 Å². The van der Waals surface area contributed by atoms with E-state index in [2.05, 4.69) is 25.9 Å². The molecule has 0 radical (unpaired) electrons. The molecule has 2 heterocycles. The van der Waals surface area contributed by atoms with Crippen LogP contribution in [-0.2, 0) is 0 Å². The number of hydrogen-bond acceptors (Lipinski definition) is 3. The molecule has 0 amide bonds. The van der Waals surface area contributed by atoms with Gasteiger partial charge in [-0.2, -0.15) is 0 Å². The van der Waals surface area contributed by atoms with Crippen molar-refractivity contribution in [2.24, 2.45) is 0 Å². The molecular weight excluding hydrogens is 208 g/mol. The molecule has 0 N–H and O–H groups in total. The van der Waals surface area contributed by atoms with E-state index in [0.29, 0.717) is 5.89 Å². The number of fused-ring (bicyclic) bond motifs is 1. The fourth-order valence-electron chi connectivity index (χ4n) is 0.934. The first-order valence-corrected chi connectivity index (χ1v) is 3.93. The van der Waals surface area contributed by atoms with Gasteiger partial charge in [-0.3, -0.25) is 4.98 Å². The molecule has 0 atom stereocenters. The van der Waals surface area contributed by atoms with E-state index in [1.165, 1.54) is 0 Å². The molecule has 0 aromatic carbocycles. The highest BCUT2D eigenvalue weighted by Crippen LogP contribution is 2.22. The first-order valence-electron chi connectivity index (χ1n) is 3.14. The summed E-state index contributed by atoms with van der Waals surface area (Å²) in [6.45, 7) is 1.81. The Hall–Kier alpha value is -0.900. The van der Waals surface area contributed by atoms with Gasteiger partial charge in [0.25, 0.3) is 0 Å². The van der Waals surface area contributed by atoms with Crippen molar-refractivity contribution in [1.29, 1.82) is 0 Å². The maximum atomic E-state index is 5.30. The molecule has 2 rings (SSSR count). The molecule has 0 fully saturated rings. The number of aromatic nitrogens is 2. The Morgan fingerprint density at radius 1 is 1.45 bits per heavy atom. The minimum Gasteiger partial charge on any atom is -0.440 e. The summed E-state index contributed by atoms with van der Waals surface area (Å²) in [5, 5.41) is 0. The lowest BCUT2D eigenvalue weighted by Gasteiger charge is -1.86. The Morgan fingerprint density at radius 3 is 3.00 bits per heavy atom. The summed E-state index contributed by atoms with van der Waals surface area (Å²) in [4.78, 5) is 8.07. The third-order valence-corrected chi connectivity index (χ3v) is 1.93. The van der Waals surface area contributed by atoms with Gasteiger partial charge in [0.05, 0.1) is 10.7 Å². The van der Waals surface area contributed by atoms with Gasteiger partial charge in [-0.05, 0) is 15.9 Å². The van der Waals surface area contributed by atoms with Crippen molar-refractivity contribution >= 4 is 27.0 Å². The van der Waals surface area contributed by atoms with E-state index in [1.54, 1.807) is 12.4 Å². The van der Waals surface area contributed by atoms with Crippen molar-refractivity contribution in [1.82, 2.24) is 9.97 Å². The fraction of sp³-hybridized carbons (Fsp3) is 0.143. The molecular formula is C7H5BrN2O. The van der Waals surface area contributed by atoms with Crippen LogP contribution in [0.25, 0.3) is 11.1 Å². The smallest absolute Gasteiger partial charge is 0.192 e. The van der Waals surface area contributed by atoms with E-state index in [4.69, 9.17) is 4.42 Å². The highest BCUT2D eigenvalue weighted by Gasteiger charge is 2.04. The monoisotopic (exact) mass is 212 g/mol. The number of hydrogen-bond donors (Lipinski definition) is 0. The van der Waals surface area contributed by atoms with Gasteiger partial charge in [0.15, 0.2) is 11.5 Å². The average molecular weight is 213 g/mol. The zero-order valence-electron chi connectivity index (χ0n) is 5.84. The zero-order chi connectivity index (χ0) is 7.84. The topological polar surface area (TPSA) is 38.9 Å². The van der Waals surface area contributed by atoms with Crippen molar-refractivity contribution in [3.8, 4) is 0 Å². The molecule has 3 nitrogen and oxygen atoms in total. The molecule has 11 heavy (non-hydrogen) atoms. The third-order valence-electron chi connectivity index (χ3n) is 1.36. The lowest BCUT2D eigenvalue weighted by Crippen LogP contribution is -1.72. The number of rotatable bonds is 0. The Kier molecular flexibility index (Phi) is 1.42. The quantitative estimate of drug-likeness (QED) is 0.673. The Balaban J connectivity index is 2.90. The predicted octanol–water partition coefficient (Wildman–Crippen LogP) is 2.29. The summed E-state index contributed by atoms with van der Waals surface area (Å²) in [7, 11) is 0. The summed E-state index contributed by atoms with van der Waals surface area (Å²) >= 11 is 3.31. The molecule has 0 saturated heterocycles. The maximum absolute atomic E-state index is 5.30. The molecule has 0 aliphatic carbocycles. The summed E-state index contributed by atoms with van der Waals surface area (Å²) in [5.41, 5.74) is 1.55. The molecule has 4 heteroatoms. The number of oxazole rings is 1. The zero-order valence-corrected chi connectivity index (χ0v) is 7.42. The van der Waals surface area contributed by atoms with Crippen LogP contribution in [0.4, 0.5) is 0 Å². The molecule has 0 aliphatic rings. The van der Waals surface area contributed by atoms with Crippen LogP contribution < -0.4 is 0 Å². The lowest BCUT2D eigenvalue weighted by molar-refractivity contribution is 0.559. The molecule has 2 aromatic heterocycles. The van der Waals surface area contributed by atoms with Crippen molar-refractivity contribution in [2.75, 3.05) is 0 Å². The highest BCUT2D eigenvalue weighted by molar-refractivity contribution is 9.10. The minimum atomic E-state index is 0.661. The first-order chi connectivity index (χ1) is 5.27. The molecule has 2 aromatic rings. The summed E-state index contributed by atoms with van der Waals surface area (Å²) in [6, 6.07) is 0. The van der Waals surface area contributed by atoms with Crippen molar-refractivity contribution in [3.05, 3.63) is 22.8 Å². The molecule has 56 valence electrons. The molecule has 0 aliphatic heterocycles. The number of aryl methyl sites for hydroxylation is 1. The lowest BCUT2D eigenvalue weighted by atomic mass is 10.4. The Bertz CT molecular complexity index is 396. The van der Waals surface area contributed by atoms with Crippen LogP contribution in [0.1, 0.15) is 5.89 Å². The second kappa shape index (κ2) is 2.30. The maximum Gasteiger partial charge on any atom is 0.192 e. The van der Waals surface area contributed by atoms with Crippen LogP contribution >= 0.6 is 15.9 Å². The molecule has 0 bridgehead atoms. The van der Waals surface area contributed by atoms with E-state index in [9.17, 15) is 0 Å². The SMILES string of the molecule is Cc1nc2cncc(Br)c2o1. The number of nitrogens with zero attached hydrogens (tertiary/aromatic N) is 2. The van der Waals surface area contributed by atoms with E-state index in [-0.39, 0.29) is 0 Å². The standard InChI is InChI=1S/C7H5BrN2O/c1-4-10-6-3-9-2-5(8)7(6)11-4/h2-3H,1H3. The Morgan fingerprint density at radius 2 is 2.27 bits per heavy atom. The van der Waals surface area contributed by atoms with Crippen molar-refractivity contribution in [3.63, 3.8) is 0 Å². The third kappa shape index (κ3) is 1.03. The van der Waals surface area contributed by atoms with Gasteiger partial charge in [0.2, 0.25) is 0 Å². The summed E-state index contributed by atoms with van der Waals surface area (Å²) in [6.07, 6.45) is 3.36. The summed E-state index contributed by atoms with van der Waals surface area (Å²) < 4.78 is 6.14. The summed E-state index contributed by atoms with van der Waals surface area (Å²) in [5.74, 6) is 0.661. The molecule has 0 saturated carbocycles. The van der Waals surface area contributed by atoms with Gasteiger partial charge in [0, 0.05) is 13.1 Å². The first kappa shape index (κ1) is 6.79. The molecule has 0 unspecified atom stereocenters. The predicted molar refractivity (Wildman–Crippen MR) is 44.2 cm³/mol. The van der Waals surface area contributed by atoms with Crippen molar-refractivity contribution < 1.29 is 4.42 Å². The van der Waals surface area contributed by atoms with Gasteiger partial charge in [0.1, 0.15) is 5.52 Å². The van der Waals surface area contributed by atoms with Gasteiger partial charge in [-0.25, -0.2) is 4.98 Å². The second-order valence-electron chi connectivity index (χ2n) is 2.20. The van der Waals surface area contributed by atoms with Gasteiger partial charge in [-0.15, -0.1) is 0 Å². The van der Waals surface area contributed by atoms with Crippen LogP contribution in [0.5, 0.6) is 0 Å². The minimum absolute atomic E-state index is 0.661. The van der Waals surface area contributed by atoms with E-state index in [0.717, 1.165) is 15.6 Å². The van der Waals surface area contributed by atoms with E-state index >= 15 is 0 Å². The van der Waals surface area contributed by atoms with Gasteiger partial charge >= 0.3 is 0 Å². The van der Waals surface area contributed by atoms with Crippen molar-refractivity contribution in [2.45, 2.75) is 6.92 Å². The Labute approximate surface area is 71.6 Å². The fourth-order valence-corrected chi connectivity index (χ4v) is 1.34. The van der Waals surface area contributed by atoms with Crippen LogP contribution in [0.3, 0.4) is 0 Å².